The molecule has 102 valence electrons. The summed E-state index contributed by atoms with van der Waals surface area (Å²) in [6.45, 7) is 1.23. The topological polar surface area (TPSA) is 71.5 Å². The molecule has 6 heteroatoms. The summed E-state index contributed by atoms with van der Waals surface area (Å²) in [6.07, 6.45) is 2.65. The number of likely N-dealkylation sites (tertiary alicyclic amines) is 1. The molecule has 1 aliphatic heterocycles. The first-order chi connectivity index (χ1) is 9.20. The molecule has 0 atom stereocenters. The smallest absolute Gasteiger partial charge is 0.407 e. The van der Waals surface area contributed by atoms with Crippen molar-refractivity contribution in [3.05, 3.63) is 30.1 Å². The first-order valence-corrected chi connectivity index (χ1v) is 6.25. The number of carbonyl (C=O) groups excluding carboxylic acids is 2. The number of nitrogens with one attached hydrogen (secondary N) is 1. The van der Waals surface area contributed by atoms with Crippen molar-refractivity contribution >= 4 is 12.0 Å². The Bertz CT molecular complexity index is 442. The molecule has 0 spiro atoms. The molecule has 0 aromatic carbocycles. The number of amides is 2. The Morgan fingerprint density at radius 2 is 2.11 bits per heavy atom. The van der Waals surface area contributed by atoms with E-state index in [-0.39, 0.29) is 11.9 Å². The standard InChI is InChI=1S/C13H17N3O3/c1-19-13(18)15-10-5-8-16(9-6-10)12(17)11-4-2-3-7-14-11/h2-4,7,10H,5-6,8-9H2,1H3,(H,15,18). The van der Waals surface area contributed by atoms with Crippen LogP contribution in [0, 0.1) is 0 Å². The van der Waals surface area contributed by atoms with E-state index in [1.165, 1.54) is 7.11 Å². The predicted molar refractivity (Wildman–Crippen MR) is 68.7 cm³/mol. The number of ether oxygens (including phenoxy) is 1. The largest absolute Gasteiger partial charge is 0.453 e. The Balaban J connectivity index is 1.86. The third-order valence-corrected chi connectivity index (χ3v) is 3.17. The lowest BCUT2D eigenvalue weighted by molar-refractivity contribution is 0.0698. The van der Waals surface area contributed by atoms with Crippen LogP contribution in [0.25, 0.3) is 0 Å². The Morgan fingerprint density at radius 1 is 1.37 bits per heavy atom. The van der Waals surface area contributed by atoms with E-state index >= 15 is 0 Å². The zero-order valence-electron chi connectivity index (χ0n) is 10.8. The lowest BCUT2D eigenvalue weighted by Gasteiger charge is -2.31. The minimum atomic E-state index is -0.422. The van der Waals surface area contributed by atoms with E-state index < -0.39 is 6.09 Å². The number of nitrogens with zero attached hydrogens (tertiary/aromatic N) is 2. The maximum Gasteiger partial charge on any atom is 0.407 e. The van der Waals surface area contributed by atoms with Crippen LogP contribution in [0.15, 0.2) is 24.4 Å². The summed E-state index contributed by atoms with van der Waals surface area (Å²) in [4.78, 5) is 29.0. The number of rotatable bonds is 2. The van der Waals surface area contributed by atoms with E-state index in [4.69, 9.17) is 0 Å². The van der Waals surface area contributed by atoms with Gasteiger partial charge in [0.05, 0.1) is 7.11 Å². The first kappa shape index (κ1) is 13.3. The summed E-state index contributed by atoms with van der Waals surface area (Å²) < 4.78 is 4.56. The summed E-state index contributed by atoms with van der Waals surface area (Å²) in [7, 11) is 1.34. The van der Waals surface area contributed by atoms with Crippen LogP contribution in [0.3, 0.4) is 0 Å². The second kappa shape index (κ2) is 6.17. The van der Waals surface area contributed by atoms with Crippen LogP contribution in [0.2, 0.25) is 0 Å². The van der Waals surface area contributed by atoms with Crippen molar-refractivity contribution in [2.24, 2.45) is 0 Å². The van der Waals surface area contributed by atoms with Gasteiger partial charge in [0.2, 0.25) is 0 Å². The highest BCUT2D eigenvalue weighted by atomic mass is 16.5. The van der Waals surface area contributed by atoms with Crippen LogP contribution in [0.1, 0.15) is 23.3 Å². The minimum Gasteiger partial charge on any atom is -0.453 e. The molecule has 2 heterocycles. The van der Waals surface area contributed by atoms with E-state index in [0.717, 1.165) is 12.8 Å². The van der Waals surface area contributed by atoms with Crippen molar-refractivity contribution in [2.45, 2.75) is 18.9 Å². The van der Waals surface area contributed by atoms with E-state index in [2.05, 4.69) is 15.0 Å². The van der Waals surface area contributed by atoms with Crippen LogP contribution in [-0.4, -0.2) is 48.1 Å². The molecule has 1 saturated heterocycles. The van der Waals surface area contributed by atoms with E-state index in [1.807, 2.05) is 0 Å². The zero-order valence-corrected chi connectivity index (χ0v) is 10.8. The summed E-state index contributed by atoms with van der Waals surface area (Å²) in [5, 5.41) is 2.75. The molecule has 0 aliphatic carbocycles. The Labute approximate surface area is 111 Å². The maximum absolute atomic E-state index is 12.1. The Morgan fingerprint density at radius 3 is 2.68 bits per heavy atom. The lowest BCUT2D eigenvalue weighted by Crippen LogP contribution is -2.46. The van der Waals surface area contributed by atoms with Gasteiger partial charge in [-0.05, 0) is 25.0 Å². The Hall–Kier alpha value is -2.11. The van der Waals surface area contributed by atoms with Crippen LogP contribution in [0.5, 0.6) is 0 Å². The van der Waals surface area contributed by atoms with Gasteiger partial charge in [-0.2, -0.15) is 0 Å². The van der Waals surface area contributed by atoms with Crippen molar-refractivity contribution in [1.82, 2.24) is 15.2 Å². The predicted octanol–water partition coefficient (Wildman–Crippen LogP) is 1.04. The average molecular weight is 263 g/mol. The molecule has 0 unspecified atom stereocenters. The summed E-state index contributed by atoms with van der Waals surface area (Å²) in [5.74, 6) is -0.0582. The van der Waals surface area contributed by atoms with Crippen molar-refractivity contribution < 1.29 is 14.3 Å². The fourth-order valence-electron chi connectivity index (χ4n) is 2.10. The second-order valence-electron chi connectivity index (χ2n) is 4.42. The molecule has 6 nitrogen and oxygen atoms in total. The van der Waals surface area contributed by atoms with Crippen LogP contribution >= 0.6 is 0 Å². The lowest BCUT2D eigenvalue weighted by atomic mass is 10.0. The summed E-state index contributed by atoms with van der Waals surface area (Å²) >= 11 is 0. The minimum absolute atomic E-state index is 0.0582. The highest BCUT2D eigenvalue weighted by Crippen LogP contribution is 2.13. The fraction of sp³-hybridized carbons (Fsp3) is 0.462. The summed E-state index contributed by atoms with van der Waals surface area (Å²) in [6, 6.07) is 5.36. The van der Waals surface area contributed by atoms with E-state index in [0.29, 0.717) is 18.8 Å². The molecule has 1 aliphatic rings. The second-order valence-corrected chi connectivity index (χ2v) is 4.42. The highest BCUT2D eigenvalue weighted by molar-refractivity contribution is 5.92. The van der Waals surface area contributed by atoms with Crippen LogP contribution in [-0.2, 0) is 4.74 Å². The highest BCUT2D eigenvalue weighted by Gasteiger charge is 2.25. The third-order valence-electron chi connectivity index (χ3n) is 3.17. The van der Waals surface area contributed by atoms with Gasteiger partial charge in [0.1, 0.15) is 5.69 Å². The van der Waals surface area contributed by atoms with Gasteiger partial charge in [0.25, 0.3) is 5.91 Å². The molecular formula is C13H17N3O3. The molecule has 19 heavy (non-hydrogen) atoms. The van der Waals surface area contributed by atoms with Gasteiger partial charge in [-0.3, -0.25) is 9.78 Å². The quantitative estimate of drug-likeness (QED) is 0.865. The number of carbonyl (C=O) groups is 2. The molecule has 1 fully saturated rings. The normalized spacial score (nSPS) is 15.9. The molecule has 0 saturated carbocycles. The number of methoxy groups -OCH3 is 1. The van der Waals surface area contributed by atoms with E-state index in [1.54, 1.807) is 29.3 Å². The van der Waals surface area contributed by atoms with Crippen molar-refractivity contribution in [2.75, 3.05) is 20.2 Å². The Kier molecular flexibility index (Phi) is 4.33. The zero-order chi connectivity index (χ0) is 13.7. The first-order valence-electron chi connectivity index (χ1n) is 6.25. The van der Waals surface area contributed by atoms with Gasteiger partial charge < -0.3 is 15.0 Å². The molecule has 1 aromatic rings. The van der Waals surface area contributed by atoms with Gasteiger partial charge in [0, 0.05) is 25.3 Å². The van der Waals surface area contributed by atoms with E-state index in [9.17, 15) is 9.59 Å². The van der Waals surface area contributed by atoms with Gasteiger partial charge >= 0.3 is 6.09 Å². The number of pyridine rings is 1. The average Bonchev–Trinajstić information content (AvgIpc) is 2.48. The molecule has 1 N–H and O–H groups in total. The molecule has 0 radical (unpaired) electrons. The van der Waals surface area contributed by atoms with Gasteiger partial charge in [0.15, 0.2) is 0 Å². The number of hydrogen-bond acceptors (Lipinski definition) is 4. The number of alkyl carbamates (subject to hydrolysis) is 1. The number of aromatic nitrogens is 1. The third kappa shape index (κ3) is 3.43. The van der Waals surface area contributed by atoms with Crippen LogP contribution < -0.4 is 5.32 Å². The molecule has 0 bridgehead atoms. The fourth-order valence-corrected chi connectivity index (χ4v) is 2.10. The molecule has 1 aromatic heterocycles. The maximum atomic E-state index is 12.1. The van der Waals surface area contributed by atoms with Crippen molar-refractivity contribution in [3.63, 3.8) is 0 Å². The monoisotopic (exact) mass is 263 g/mol. The SMILES string of the molecule is COC(=O)NC1CCN(C(=O)c2ccccn2)CC1. The number of hydrogen-bond donors (Lipinski definition) is 1. The van der Waals surface area contributed by atoms with Gasteiger partial charge in [-0.1, -0.05) is 6.07 Å². The van der Waals surface area contributed by atoms with Gasteiger partial charge in [-0.15, -0.1) is 0 Å². The van der Waals surface area contributed by atoms with Crippen molar-refractivity contribution in [3.8, 4) is 0 Å². The van der Waals surface area contributed by atoms with Crippen molar-refractivity contribution in [1.29, 1.82) is 0 Å². The van der Waals surface area contributed by atoms with Crippen LogP contribution in [0.4, 0.5) is 4.79 Å². The molecule has 2 amide bonds. The molecular weight excluding hydrogens is 246 g/mol. The van der Waals surface area contributed by atoms with Gasteiger partial charge in [-0.25, -0.2) is 4.79 Å². The number of piperidine rings is 1. The summed E-state index contributed by atoms with van der Waals surface area (Å²) in [5.41, 5.74) is 0.460. The molecule has 2 rings (SSSR count).